The van der Waals surface area contributed by atoms with Gasteiger partial charge in [0.2, 0.25) is 5.91 Å². The smallest absolute Gasteiger partial charge is 0.296 e. The van der Waals surface area contributed by atoms with Crippen molar-refractivity contribution in [2.75, 3.05) is 25.5 Å². The van der Waals surface area contributed by atoms with E-state index in [9.17, 15) is 19.7 Å². The Morgan fingerprint density at radius 3 is 2.52 bits per heavy atom. The van der Waals surface area contributed by atoms with Crippen LogP contribution in [0.3, 0.4) is 0 Å². The number of nitro groups is 1. The predicted octanol–water partition coefficient (Wildman–Crippen LogP) is 3.75. The molecule has 1 heterocycles. The highest BCUT2D eigenvalue weighted by molar-refractivity contribution is 6.33. The first-order chi connectivity index (χ1) is 13.9. The molecule has 1 saturated heterocycles. The largest absolute Gasteiger partial charge is 0.496 e. The number of carbonyl (C=O) groups excluding carboxylic acids is 2. The van der Waals surface area contributed by atoms with Gasteiger partial charge in [0.15, 0.2) is 0 Å². The van der Waals surface area contributed by atoms with Gasteiger partial charge in [-0.3, -0.25) is 19.7 Å². The standard InChI is InChI=1S/C20H20ClN3O5/c1-29-14-6-7-17(18(12-14)24(27)28)22-19(25)13-8-10-23(11-9-13)20(26)15-4-2-3-5-16(15)21/h2-7,12-13H,8-11H2,1H3,(H,22,25). The summed E-state index contributed by atoms with van der Waals surface area (Å²) in [5, 5.41) is 14.3. The highest BCUT2D eigenvalue weighted by Crippen LogP contribution is 2.30. The Kier molecular flexibility index (Phi) is 6.33. The normalized spacial score (nSPS) is 14.3. The van der Waals surface area contributed by atoms with Crippen LogP contribution < -0.4 is 10.1 Å². The van der Waals surface area contributed by atoms with Gasteiger partial charge in [-0.15, -0.1) is 0 Å². The number of carbonyl (C=O) groups is 2. The number of benzene rings is 2. The molecule has 0 aromatic heterocycles. The van der Waals surface area contributed by atoms with Crippen LogP contribution in [0, 0.1) is 16.0 Å². The minimum absolute atomic E-state index is 0.121. The third kappa shape index (κ3) is 4.65. The van der Waals surface area contributed by atoms with E-state index in [4.69, 9.17) is 16.3 Å². The number of nitrogens with one attached hydrogen (secondary N) is 1. The van der Waals surface area contributed by atoms with E-state index in [0.717, 1.165) is 0 Å². The second kappa shape index (κ2) is 8.91. The molecule has 2 amide bonds. The van der Waals surface area contributed by atoms with Crippen LogP contribution in [0.5, 0.6) is 5.75 Å². The van der Waals surface area contributed by atoms with E-state index in [1.807, 2.05) is 0 Å². The summed E-state index contributed by atoms with van der Waals surface area (Å²) in [6.07, 6.45) is 0.929. The summed E-state index contributed by atoms with van der Waals surface area (Å²) in [5.74, 6) is -0.476. The number of ether oxygens (including phenoxy) is 1. The summed E-state index contributed by atoms with van der Waals surface area (Å²) in [6.45, 7) is 0.819. The first kappa shape index (κ1) is 20.6. The van der Waals surface area contributed by atoms with Crippen molar-refractivity contribution in [3.63, 3.8) is 0 Å². The van der Waals surface area contributed by atoms with Crippen molar-refractivity contribution < 1.29 is 19.2 Å². The van der Waals surface area contributed by atoms with Crippen LogP contribution in [-0.2, 0) is 4.79 Å². The van der Waals surface area contributed by atoms with Crippen molar-refractivity contribution >= 4 is 34.8 Å². The van der Waals surface area contributed by atoms with Gasteiger partial charge in [0.05, 0.1) is 28.7 Å². The van der Waals surface area contributed by atoms with E-state index in [-0.39, 0.29) is 29.1 Å². The van der Waals surface area contributed by atoms with Crippen molar-refractivity contribution in [3.05, 3.63) is 63.2 Å². The average molecular weight is 418 g/mol. The highest BCUT2D eigenvalue weighted by Gasteiger charge is 2.29. The van der Waals surface area contributed by atoms with Gasteiger partial charge in [-0.1, -0.05) is 23.7 Å². The number of likely N-dealkylation sites (tertiary alicyclic amines) is 1. The number of hydrogen-bond donors (Lipinski definition) is 1. The van der Waals surface area contributed by atoms with Crippen LogP contribution in [0.15, 0.2) is 42.5 Å². The Balaban J connectivity index is 1.63. The second-order valence-electron chi connectivity index (χ2n) is 6.68. The molecule has 2 aromatic rings. The fourth-order valence-corrected chi connectivity index (χ4v) is 3.50. The molecule has 0 bridgehead atoms. The van der Waals surface area contributed by atoms with Crippen molar-refractivity contribution in [1.29, 1.82) is 0 Å². The summed E-state index contributed by atoms with van der Waals surface area (Å²) >= 11 is 6.09. The molecule has 1 fully saturated rings. The number of amides is 2. The lowest BCUT2D eigenvalue weighted by molar-refractivity contribution is -0.384. The maximum absolute atomic E-state index is 12.6. The molecule has 1 N–H and O–H groups in total. The summed E-state index contributed by atoms with van der Waals surface area (Å²) < 4.78 is 5.00. The van der Waals surface area contributed by atoms with Gasteiger partial charge in [-0.25, -0.2) is 0 Å². The van der Waals surface area contributed by atoms with E-state index in [2.05, 4.69) is 5.32 Å². The van der Waals surface area contributed by atoms with E-state index in [0.29, 0.717) is 42.3 Å². The zero-order valence-corrected chi connectivity index (χ0v) is 16.5. The maximum atomic E-state index is 12.6. The lowest BCUT2D eigenvalue weighted by Crippen LogP contribution is -2.41. The van der Waals surface area contributed by atoms with Crippen molar-refractivity contribution in [2.24, 2.45) is 5.92 Å². The van der Waals surface area contributed by atoms with Crippen LogP contribution in [-0.4, -0.2) is 41.8 Å². The summed E-state index contributed by atoms with van der Waals surface area (Å²) in [5.41, 5.74) is 0.324. The Labute approximate surface area is 172 Å². The number of anilines is 1. The maximum Gasteiger partial charge on any atom is 0.296 e. The number of nitrogens with zero attached hydrogens (tertiary/aromatic N) is 2. The van der Waals surface area contributed by atoms with E-state index in [1.165, 1.54) is 19.2 Å². The number of nitro benzene ring substituents is 1. The summed E-state index contributed by atoms with van der Waals surface area (Å²) in [4.78, 5) is 37.6. The first-order valence-electron chi connectivity index (χ1n) is 9.07. The third-order valence-electron chi connectivity index (χ3n) is 4.92. The predicted molar refractivity (Wildman–Crippen MR) is 108 cm³/mol. The van der Waals surface area contributed by atoms with Crippen LogP contribution in [0.25, 0.3) is 0 Å². The fraction of sp³-hybridized carbons (Fsp3) is 0.300. The van der Waals surface area contributed by atoms with Crippen molar-refractivity contribution in [3.8, 4) is 5.75 Å². The van der Waals surface area contributed by atoms with Gasteiger partial charge in [0.25, 0.3) is 11.6 Å². The van der Waals surface area contributed by atoms with E-state index in [1.54, 1.807) is 35.2 Å². The molecule has 0 spiro atoms. The highest BCUT2D eigenvalue weighted by atomic mass is 35.5. The molecule has 3 rings (SSSR count). The number of methoxy groups -OCH3 is 1. The minimum Gasteiger partial charge on any atom is -0.496 e. The molecule has 1 aliphatic rings. The summed E-state index contributed by atoms with van der Waals surface area (Å²) in [7, 11) is 1.41. The van der Waals surface area contributed by atoms with Gasteiger partial charge < -0.3 is 15.0 Å². The molecule has 0 unspecified atom stereocenters. The zero-order chi connectivity index (χ0) is 21.0. The molecular formula is C20H20ClN3O5. The molecule has 2 aromatic carbocycles. The Bertz CT molecular complexity index is 941. The van der Waals surface area contributed by atoms with Gasteiger partial charge in [-0.2, -0.15) is 0 Å². The Morgan fingerprint density at radius 1 is 1.21 bits per heavy atom. The number of halogens is 1. The zero-order valence-electron chi connectivity index (χ0n) is 15.8. The molecule has 152 valence electrons. The molecule has 8 nitrogen and oxygen atoms in total. The number of piperidine rings is 1. The van der Waals surface area contributed by atoms with Gasteiger partial charge in [0.1, 0.15) is 11.4 Å². The molecule has 0 radical (unpaired) electrons. The quantitative estimate of drug-likeness (QED) is 0.589. The van der Waals surface area contributed by atoms with Crippen molar-refractivity contribution in [1.82, 2.24) is 4.90 Å². The van der Waals surface area contributed by atoms with Crippen LogP contribution in [0.2, 0.25) is 5.02 Å². The van der Waals surface area contributed by atoms with Gasteiger partial charge >= 0.3 is 0 Å². The second-order valence-corrected chi connectivity index (χ2v) is 7.08. The number of hydrogen-bond acceptors (Lipinski definition) is 5. The molecule has 9 heteroatoms. The van der Waals surface area contributed by atoms with Crippen LogP contribution in [0.1, 0.15) is 23.2 Å². The van der Waals surface area contributed by atoms with Crippen LogP contribution >= 0.6 is 11.6 Å². The number of rotatable bonds is 5. The van der Waals surface area contributed by atoms with E-state index >= 15 is 0 Å². The topological polar surface area (TPSA) is 102 Å². The molecule has 0 saturated carbocycles. The SMILES string of the molecule is COc1ccc(NC(=O)C2CCN(C(=O)c3ccccc3Cl)CC2)c([N+](=O)[O-])c1. The lowest BCUT2D eigenvalue weighted by atomic mass is 9.95. The Hall–Kier alpha value is -3.13. The van der Waals surface area contributed by atoms with Crippen molar-refractivity contribution in [2.45, 2.75) is 12.8 Å². The van der Waals surface area contributed by atoms with Gasteiger partial charge in [-0.05, 0) is 37.1 Å². The molecule has 0 aliphatic carbocycles. The monoisotopic (exact) mass is 417 g/mol. The van der Waals surface area contributed by atoms with Crippen LogP contribution in [0.4, 0.5) is 11.4 Å². The molecule has 1 aliphatic heterocycles. The Morgan fingerprint density at radius 2 is 1.90 bits per heavy atom. The average Bonchev–Trinajstić information content (AvgIpc) is 2.73. The fourth-order valence-electron chi connectivity index (χ4n) is 3.28. The molecular weight excluding hydrogens is 398 g/mol. The van der Waals surface area contributed by atoms with E-state index < -0.39 is 4.92 Å². The molecule has 0 atom stereocenters. The lowest BCUT2D eigenvalue weighted by Gasteiger charge is -2.31. The summed E-state index contributed by atoms with van der Waals surface area (Å²) in [6, 6.07) is 11.1. The third-order valence-corrected chi connectivity index (χ3v) is 5.25. The minimum atomic E-state index is -0.566. The van der Waals surface area contributed by atoms with Gasteiger partial charge in [0, 0.05) is 19.0 Å². The first-order valence-corrected chi connectivity index (χ1v) is 9.45. The molecule has 29 heavy (non-hydrogen) atoms.